The van der Waals surface area contributed by atoms with Crippen LogP contribution in [0.5, 0.6) is 0 Å². The molecule has 0 saturated carbocycles. The lowest BCUT2D eigenvalue weighted by molar-refractivity contribution is 0.0696. The lowest BCUT2D eigenvalue weighted by Gasteiger charge is -2.11. The van der Waals surface area contributed by atoms with Crippen LogP contribution in [0.15, 0.2) is 41.4 Å². The minimum Gasteiger partial charge on any atom is -0.478 e. The predicted molar refractivity (Wildman–Crippen MR) is 77.9 cm³/mol. The summed E-state index contributed by atoms with van der Waals surface area (Å²) < 4.78 is 27.1. The van der Waals surface area contributed by atoms with Crippen LogP contribution in [0.4, 0.5) is 5.82 Å². The molecule has 21 heavy (non-hydrogen) atoms. The molecule has 0 aliphatic rings. The summed E-state index contributed by atoms with van der Waals surface area (Å²) in [6.07, 6.45) is 1.49. The third-order valence-electron chi connectivity index (χ3n) is 2.96. The zero-order chi connectivity index (χ0) is 15.6. The molecule has 0 atom stereocenters. The van der Waals surface area contributed by atoms with E-state index in [1.807, 2.05) is 6.92 Å². The molecule has 0 fully saturated rings. The highest BCUT2D eigenvalue weighted by Crippen LogP contribution is 2.21. The maximum absolute atomic E-state index is 12.4. The molecular formula is C14H14N2O4S. The van der Waals surface area contributed by atoms with Crippen molar-refractivity contribution < 1.29 is 18.3 Å². The molecule has 0 amide bonds. The highest BCUT2D eigenvalue weighted by molar-refractivity contribution is 7.92. The standard InChI is InChI=1S/C14H14N2O4S/c1-9-6-7-15-13(8-9)16-21(19,20)12-5-3-4-11(10(12)2)14(17)18/h3-8H,1-2H3,(H,15,16)(H,17,18). The fourth-order valence-corrected chi connectivity index (χ4v) is 3.19. The van der Waals surface area contributed by atoms with Gasteiger partial charge in [0, 0.05) is 6.20 Å². The van der Waals surface area contributed by atoms with Crippen LogP contribution in [0.3, 0.4) is 0 Å². The molecule has 110 valence electrons. The number of aromatic carboxylic acids is 1. The van der Waals surface area contributed by atoms with Gasteiger partial charge < -0.3 is 5.11 Å². The largest absolute Gasteiger partial charge is 0.478 e. The zero-order valence-electron chi connectivity index (χ0n) is 11.5. The highest BCUT2D eigenvalue weighted by Gasteiger charge is 2.21. The average Bonchev–Trinajstić information content (AvgIpc) is 2.37. The molecular weight excluding hydrogens is 292 g/mol. The number of nitrogens with zero attached hydrogens (tertiary/aromatic N) is 1. The molecule has 2 rings (SSSR count). The Balaban J connectivity index is 2.45. The van der Waals surface area contributed by atoms with E-state index >= 15 is 0 Å². The van der Waals surface area contributed by atoms with Crippen LogP contribution in [0.2, 0.25) is 0 Å². The third kappa shape index (κ3) is 3.19. The molecule has 0 bridgehead atoms. The number of carboxylic acid groups (broad SMARTS) is 1. The van der Waals surface area contributed by atoms with Crippen LogP contribution in [0.25, 0.3) is 0 Å². The van der Waals surface area contributed by atoms with Gasteiger partial charge in [-0.05, 0) is 49.2 Å². The van der Waals surface area contributed by atoms with Crippen molar-refractivity contribution in [3.63, 3.8) is 0 Å². The number of aryl methyl sites for hydroxylation is 1. The predicted octanol–water partition coefficient (Wildman–Crippen LogP) is 2.20. The summed E-state index contributed by atoms with van der Waals surface area (Å²) in [6.45, 7) is 3.28. The van der Waals surface area contributed by atoms with Crippen molar-refractivity contribution in [1.29, 1.82) is 0 Å². The van der Waals surface area contributed by atoms with Crippen molar-refractivity contribution in [3.05, 3.63) is 53.2 Å². The van der Waals surface area contributed by atoms with Gasteiger partial charge in [-0.15, -0.1) is 0 Å². The number of rotatable bonds is 4. The Labute approximate surface area is 122 Å². The Morgan fingerprint density at radius 2 is 1.95 bits per heavy atom. The van der Waals surface area contributed by atoms with Crippen LogP contribution < -0.4 is 4.72 Å². The number of hydrogen-bond donors (Lipinski definition) is 2. The zero-order valence-corrected chi connectivity index (χ0v) is 12.3. The molecule has 7 heteroatoms. The second kappa shape index (κ2) is 5.53. The number of pyridine rings is 1. The summed E-state index contributed by atoms with van der Waals surface area (Å²) in [7, 11) is -3.89. The quantitative estimate of drug-likeness (QED) is 0.902. The van der Waals surface area contributed by atoms with E-state index in [4.69, 9.17) is 5.11 Å². The summed E-state index contributed by atoms with van der Waals surface area (Å²) in [6, 6.07) is 7.46. The van der Waals surface area contributed by atoms with Crippen LogP contribution in [0, 0.1) is 13.8 Å². The summed E-state index contributed by atoms with van der Waals surface area (Å²) >= 11 is 0. The first kappa shape index (κ1) is 15.0. The topological polar surface area (TPSA) is 96.4 Å². The van der Waals surface area contributed by atoms with Crippen molar-refractivity contribution in [1.82, 2.24) is 4.98 Å². The number of aromatic nitrogens is 1. The molecule has 6 nitrogen and oxygen atoms in total. The van der Waals surface area contributed by atoms with Gasteiger partial charge >= 0.3 is 5.97 Å². The third-order valence-corrected chi connectivity index (χ3v) is 4.46. The molecule has 1 heterocycles. The molecule has 0 unspecified atom stereocenters. The van der Waals surface area contributed by atoms with Crippen LogP contribution in [-0.2, 0) is 10.0 Å². The van der Waals surface area contributed by atoms with Gasteiger partial charge in [-0.25, -0.2) is 18.2 Å². The number of sulfonamides is 1. The van der Waals surface area contributed by atoms with E-state index in [2.05, 4.69) is 9.71 Å². The summed E-state index contributed by atoms with van der Waals surface area (Å²) in [5.74, 6) is -0.978. The maximum atomic E-state index is 12.4. The lowest BCUT2D eigenvalue weighted by Crippen LogP contribution is -2.16. The van der Waals surface area contributed by atoms with Crippen molar-refractivity contribution in [2.24, 2.45) is 0 Å². The van der Waals surface area contributed by atoms with Gasteiger partial charge in [-0.1, -0.05) is 6.07 Å². The number of benzene rings is 1. The maximum Gasteiger partial charge on any atom is 0.335 e. The summed E-state index contributed by atoms with van der Waals surface area (Å²) in [4.78, 5) is 14.9. The number of carbonyl (C=O) groups is 1. The van der Waals surface area contributed by atoms with Crippen molar-refractivity contribution >= 4 is 21.8 Å². The Bertz CT molecular complexity index is 800. The van der Waals surface area contributed by atoms with Gasteiger partial charge in [0.25, 0.3) is 10.0 Å². The van der Waals surface area contributed by atoms with Crippen LogP contribution in [-0.4, -0.2) is 24.5 Å². The van der Waals surface area contributed by atoms with Crippen LogP contribution >= 0.6 is 0 Å². The van der Waals surface area contributed by atoms with E-state index in [0.717, 1.165) is 5.56 Å². The summed E-state index contributed by atoms with van der Waals surface area (Å²) in [5, 5.41) is 9.05. The number of anilines is 1. The van der Waals surface area contributed by atoms with Crippen molar-refractivity contribution in [3.8, 4) is 0 Å². The Morgan fingerprint density at radius 3 is 2.57 bits per heavy atom. The fraction of sp³-hybridized carbons (Fsp3) is 0.143. The normalized spacial score (nSPS) is 11.1. The molecule has 0 saturated heterocycles. The number of hydrogen-bond acceptors (Lipinski definition) is 4. The minimum absolute atomic E-state index is 0.0462. The molecule has 0 radical (unpaired) electrons. The van der Waals surface area contributed by atoms with Gasteiger partial charge in [0.1, 0.15) is 5.82 Å². The second-order valence-corrected chi connectivity index (χ2v) is 6.21. The van der Waals surface area contributed by atoms with E-state index in [9.17, 15) is 13.2 Å². The molecule has 1 aromatic heterocycles. The first-order chi connectivity index (χ1) is 9.81. The van der Waals surface area contributed by atoms with E-state index in [1.54, 1.807) is 12.1 Å². The van der Waals surface area contributed by atoms with Crippen molar-refractivity contribution in [2.75, 3.05) is 4.72 Å². The highest BCUT2D eigenvalue weighted by atomic mass is 32.2. The fourth-order valence-electron chi connectivity index (χ4n) is 1.92. The minimum atomic E-state index is -3.89. The first-order valence-corrected chi connectivity index (χ1v) is 7.58. The lowest BCUT2D eigenvalue weighted by atomic mass is 10.1. The monoisotopic (exact) mass is 306 g/mol. The first-order valence-electron chi connectivity index (χ1n) is 6.09. The Morgan fingerprint density at radius 1 is 1.24 bits per heavy atom. The molecule has 0 aliphatic heterocycles. The average molecular weight is 306 g/mol. The van der Waals surface area contributed by atoms with Gasteiger partial charge in [-0.3, -0.25) is 4.72 Å². The van der Waals surface area contributed by atoms with E-state index in [1.165, 1.54) is 31.3 Å². The van der Waals surface area contributed by atoms with E-state index in [-0.39, 0.29) is 21.8 Å². The molecule has 2 N–H and O–H groups in total. The number of carboxylic acids is 1. The van der Waals surface area contributed by atoms with E-state index < -0.39 is 16.0 Å². The molecule has 0 aliphatic carbocycles. The van der Waals surface area contributed by atoms with Gasteiger partial charge in [0.15, 0.2) is 0 Å². The van der Waals surface area contributed by atoms with E-state index in [0.29, 0.717) is 0 Å². The second-order valence-electron chi connectivity index (χ2n) is 4.56. The Kier molecular flexibility index (Phi) is 3.95. The molecule has 1 aromatic carbocycles. The molecule has 0 spiro atoms. The number of nitrogens with one attached hydrogen (secondary N) is 1. The molecule has 2 aromatic rings. The van der Waals surface area contributed by atoms with Gasteiger partial charge in [-0.2, -0.15) is 0 Å². The Hall–Kier alpha value is -2.41. The summed E-state index contributed by atoms with van der Waals surface area (Å²) in [5.41, 5.74) is 0.999. The smallest absolute Gasteiger partial charge is 0.335 e. The van der Waals surface area contributed by atoms with Gasteiger partial charge in [0.2, 0.25) is 0 Å². The van der Waals surface area contributed by atoms with Crippen molar-refractivity contribution in [2.45, 2.75) is 18.7 Å². The SMILES string of the molecule is Cc1ccnc(NS(=O)(=O)c2cccc(C(=O)O)c2C)c1. The van der Waals surface area contributed by atoms with Crippen LogP contribution in [0.1, 0.15) is 21.5 Å². The van der Waals surface area contributed by atoms with Gasteiger partial charge in [0.05, 0.1) is 10.5 Å².